The monoisotopic (exact) mass is 278 g/mol. The highest BCUT2D eigenvalue weighted by Crippen LogP contribution is 2.17. The number of nitrogens with one attached hydrogen (secondary N) is 1. The SMILES string of the molecule is CCC1CN(c2nccn(C(C)C)c2=O)C(CC)CN1. The molecule has 0 amide bonds. The number of hydrogen-bond donors (Lipinski definition) is 1. The van der Waals surface area contributed by atoms with Crippen LogP contribution in [0, 0.1) is 0 Å². The Labute approximate surface area is 121 Å². The molecule has 20 heavy (non-hydrogen) atoms. The molecule has 2 atom stereocenters. The van der Waals surface area contributed by atoms with Gasteiger partial charge in [-0.25, -0.2) is 4.98 Å². The normalized spacial score (nSPS) is 23.4. The Morgan fingerprint density at radius 2 is 2.15 bits per heavy atom. The second-order valence-electron chi connectivity index (χ2n) is 5.78. The zero-order valence-electron chi connectivity index (χ0n) is 13.0. The largest absolute Gasteiger partial charge is 0.346 e. The van der Waals surface area contributed by atoms with Gasteiger partial charge in [0, 0.05) is 43.6 Å². The molecular weight excluding hydrogens is 252 g/mol. The Balaban J connectivity index is 2.37. The van der Waals surface area contributed by atoms with Gasteiger partial charge in [-0.3, -0.25) is 4.79 Å². The van der Waals surface area contributed by atoms with Crippen LogP contribution in [0.5, 0.6) is 0 Å². The standard InChI is InChI=1S/C15H26N4O/c1-5-12-10-19(13(6-2)9-17-12)14-15(20)18(11(3)4)8-7-16-14/h7-8,11-13,17H,5-6,9-10H2,1-4H3. The first-order valence-corrected chi connectivity index (χ1v) is 7.65. The molecule has 2 unspecified atom stereocenters. The highest BCUT2D eigenvalue weighted by Gasteiger charge is 2.28. The van der Waals surface area contributed by atoms with Gasteiger partial charge in [-0.1, -0.05) is 13.8 Å². The van der Waals surface area contributed by atoms with E-state index in [0.29, 0.717) is 17.9 Å². The maximum absolute atomic E-state index is 12.6. The summed E-state index contributed by atoms with van der Waals surface area (Å²) in [5.41, 5.74) is 0.0257. The fraction of sp³-hybridized carbons (Fsp3) is 0.733. The van der Waals surface area contributed by atoms with E-state index in [0.717, 1.165) is 25.9 Å². The molecule has 5 heteroatoms. The molecule has 0 aromatic carbocycles. The van der Waals surface area contributed by atoms with Crippen molar-refractivity contribution in [3.8, 4) is 0 Å². The summed E-state index contributed by atoms with van der Waals surface area (Å²) in [7, 11) is 0. The molecule has 1 aromatic rings. The van der Waals surface area contributed by atoms with Gasteiger partial charge in [-0.15, -0.1) is 0 Å². The molecule has 0 aliphatic carbocycles. The predicted molar refractivity (Wildman–Crippen MR) is 82.4 cm³/mol. The lowest BCUT2D eigenvalue weighted by atomic mass is 10.1. The minimum atomic E-state index is 0.0257. The number of rotatable bonds is 4. The van der Waals surface area contributed by atoms with Crippen LogP contribution in [0.4, 0.5) is 5.82 Å². The summed E-state index contributed by atoms with van der Waals surface area (Å²) in [5, 5.41) is 3.55. The van der Waals surface area contributed by atoms with Crippen LogP contribution in [0.15, 0.2) is 17.2 Å². The van der Waals surface area contributed by atoms with Gasteiger partial charge in [0.1, 0.15) is 0 Å². The average Bonchev–Trinajstić information content (AvgIpc) is 2.46. The second kappa shape index (κ2) is 6.39. The van der Waals surface area contributed by atoms with Crippen molar-refractivity contribution in [1.29, 1.82) is 0 Å². The molecule has 2 heterocycles. The van der Waals surface area contributed by atoms with Crippen LogP contribution in [0.25, 0.3) is 0 Å². The molecule has 1 fully saturated rings. The fourth-order valence-electron chi connectivity index (χ4n) is 2.78. The van der Waals surface area contributed by atoms with Gasteiger partial charge in [-0.05, 0) is 26.7 Å². The highest BCUT2D eigenvalue weighted by molar-refractivity contribution is 5.39. The number of hydrogen-bond acceptors (Lipinski definition) is 4. The van der Waals surface area contributed by atoms with Gasteiger partial charge in [0.05, 0.1) is 0 Å². The number of nitrogens with zero attached hydrogens (tertiary/aromatic N) is 3. The molecule has 0 radical (unpaired) electrons. The molecule has 1 N–H and O–H groups in total. The first-order chi connectivity index (χ1) is 9.58. The maximum Gasteiger partial charge on any atom is 0.293 e. The van der Waals surface area contributed by atoms with E-state index in [1.165, 1.54) is 0 Å². The van der Waals surface area contributed by atoms with E-state index in [9.17, 15) is 4.79 Å². The molecule has 0 saturated carbocycles. The van der Waals surface area contributed by atoms with E-state index < -0.39 is 0 Å². The Kier molecular flexibility index (Phi) is 4.81. The van der Waals surface area contributed by atoms with Crippen molar-refractivity contribution in [1.82, 2.24) is 14.9 Å². The zero-order chi connectivity index (χ0) is 14.7. The molecule has 1 saturated heterocycles. The lowest BCUT2D eigenvalue weighted by Gasteiger charge is -2.40. The Morgan fingerprint density at radius 3 is 2.75 bits per heavy atom. The molecular formula is C15H26N4O. The lowest BCUT2D eigenvalue weighted by molar-refractivity contribution is 0.374. The summed E-state index contributed by atoms with van der Waals surface area (Å²) < 4.78 is 1.76. The first-order valence-electron chi connectivity index (χ1n) is 7.65. The Bertz CT molecular complexity index is 497. The molecule has 112 valence electrons. The van der Waals surface area contributed by atoms with Crippen LogP contribution < -0.4 is 15.8 Å². The lowest BCUT2D eigenvalue weighted by Crippen LogP contribution is -2.57. The van der Waals surface area contributed by atoms with Crippen LogP contribution in [0.1, 0.15) is 46.6 Å². The third-order valence-electron chi connectivity index (χ3n) is 4.14. The molecule has 1 aromatic heterocycles. The van der Waals surface area contributed by atoms with Gasteiger partial charge in [0.15, 0.2) is 5.82 Å². The summed E-state index contributed by atoms with van der Waals surface area (Å²) in [6.07, 6.45) is 5.60. The number of anilines is 1. The fourth-order valence-corrected chi connectivity index (χ4v) is 2.78. The van der Waals surface area contributed by atoms with Gasteiger partial charge in [0.25, 0.3) is 5.56 Å². The van der Waals surface area contributed by atoms with E-state index in [1.807, 2.05) is 13.8 Å². The summed E-state index contributed by atoms with van der Waals surface area (Å²) in [6.45, 7) is 10.2. The van der Waals surface area contributed by atoms with Gasteiger partial charge in [-0.2, -0.15) is 0 Å². The topological polar surface area (TPSA) is 50.2 Å². The average molecular weight is 278 g/mol. The minimum Gasteiger partial charge on any atom is -0.346 e. The van der Waals surface area contributed by atoms with Crippen LogP contribution in [0.3, 0.4) is 0 Å². The second-order valence-corrected chi connectivity index (χ2v) is 5.78. The molecule has 1 aliphatic heterocycles. The van der Waals surface area contributed by atoms with E-state index in [-0.39, 0.29) is 11.6 Å². The van der Waals surface area contributed by atoms with E-state index in [1.54, 1.807) is 17.0 Å². The predicted octanol–water partition coefficient (Wildman–Crippen LogP) is 1.79. The van der Waals surface area contributed by atoms with Gasteiger partial charge >= 0.3 is 0 Å². The third kappa shape index (κ3) is 2.87. The third-order valence-corrected chi connectivity index (χ3v) is 4.14. The zero-order valence-corrected chi connectivity index (χ0v) is 13.0. The molecule has 5 nitrogen and oxygen atoms in total. The minimum absolute atomic E-state index is 0.0257. The molecule has 0 bridgehead atoms. The summed E-state index contributed by atoms with van der Waals surface area (Å²) >= 11 is 0. The van der Waals surface area contributed by atoms with Crippen molar-refractivity contribution in [3.05, 3.63) is 22.7 Å². The number of aromatic nitrogens is 2. The highest BCUT2D eigenvalue weighted by atomic mass is 16.1. The van der Waals surface area contributed by atoms with Crippen molar-refractivity contribution in [2.45, 2.75) is 58.7 Å². The maximum atomic E-state index is 12.6. The number of piperazine rings is 1. The molecule has 0 spiro atoms. The van der Waals surface area contributed by atoms with Crippen LogP contribution >= 0.6 is 0 Å². The molecule has 2 rings (SSSR count). The molecule has 1 aliphatic rings. The van der Waals surface area contributed by atoms with E-state index in [2.05, 4.69) is 29.0 Å². The van der Waals surface area contributed by atoms with E-state index >= 15 is 0 Å². The van der Waals surface area contributed by atoms with Gasteiger partial charge < -0.3 is 14.8 Å². The summed E-state index contributed by atoms with van der Waals surface area (Å²) in [6, 6.07) is 0.946. The van der Waals surface area contributed by atoms with Gasteiger partial charge in [0.2, 0.25) is 0 Å². The van der Waals surface area contributed by atoms with Crippen LogP contribution in [-0.2, 0) is 0 Å². The van der Waals surface area contributed by atoms with Crippen molar-refractivity contribution in [2.24, 2.45) is 0 Å². The van der Waals surface area contributed by atoms with Crippen molar-refractivity contribution >= 4 is 5.82 Å². The Morgan fingerprint density at radius 1 is 1.40 bits per heavy atom. The summed E-state index contributed by atoms with van der Waals surface area (Å²) in [4.78, 5) is 19.2. The van der Waals surface area contributed by atoms with Crippen LogP contribution in [-0.4, -0.2) is 34.7 Å². The van der Waals surface area contributed by atoms with Crippen molar-refractivity contribution in [2.75, 3.05) is 18.0 Å². The van der Waals surface area contributed by atoms with Crippen molar-refractivity contribution in [3.63, 3.8) is 0 Å². The smallest absolute Gasteiger partial charge is 0.293 e. The first kappa shape index (κ1) is 15.0. The quantitative estimate of drug-likeness (QED) is 0.912. The Hall–Kier alpha value is -1.36. The van der Waals surface area contributed by atoms with Crippen molar-refractivity contribution < 1.29 is 0 Å². The van der Waals surface area contributed by atoms with Crippen LogP contribution in [0.2, 0.25) is 0 Å². The summed E-state index contributed by atoms with van der Waals surface area (Å²) in [5.74, 6) is 0.605. The van der Waals surface area contributed by atoms with E-state index in [4.69, 9.17) is 0 Å².